The van der Waals surface area contributed by atoms with Gasteiger partial charge in [0.15, 0.2) is 11.5 Å². The summed E-state index contributed by atoms with van der Waals surface area (Å²) in [5.41, 5.74) is 2.49. The van der Waals surface area contributed by atoms with E-state index in [4.69, 9.17) is 9.47 Å². The third-order valence-electron chi connectivity index (χ3n) is 4.52. The van der Waals surface area contributed by atoms with Gasteiger partial charge < -0.3 is 14.8 Å². The Morgan fingerprint density at radius 1 is 1.09 bits per heavy atom. The highest BCUT2D eigenvalue weighted by Gasteiger charge is 2.18. The topological polar surface area (TPSA) is 88.4 Å². The van der Waals surface area contributed by atoms with Gasteiger partial charge in [0.2, 0.25) is 0 Å². The number of aryl methyl sites for hydroxylation is 1. The third kappa shape index (κ3) is 6.31. The fourth-order valence-electron chi connectivity index (χ4n) is 2.91. The number of nitriles is 1. The highest BCUT2D eigenvalue weighted by atomic mass is 79.9. The molecule has 1 amide bonds. The van der Waals surface area contributed by atoms with Crippen molar-refractivity contribution in [2.24, 2.45) is 0 Å². The van der Waals surface area contributed by atoms with Gasteiger partial charge in [0.05, 0.1) is 16.6 Å². The molecular weight excluding hydrogens is 484 g/mol. The lowest BCUT2D eigenvalue weighted by molar-refractivity contribution is -0.112. The summed E-state index contributed by atoms with van der Waals surface area (Å²) in [7, 11) is 0. The Hall–Kier alpha value is -3.89. The second-order valence-corrected chi connectivity index (χ2v) is 7.86. The molecule has 166 valence electrons. The summed E-state index contributed by atoms with van der Waals surface area (Å²) in [4.78, 5) is 25.1. The predicted octanol–water partition coefficient (Wildman–Crippen LogP) is 5.92. The molecule has 3 aromatic rings. The normalized spacial score (nSPS) is 10.8. The van der Waals surface area contributed by atoms with E-state index in [1.807, 2.05) is 25.1 Å². The molecule has 0 saturated carbocycles. The molecule has 0 unspecified atom stereocenters. The van der Waals surface area contributed by atoms with Crippen molar-refractivity contribution in [3.8, 4) is 17.6 Å². The minimum Gasteiger partial charge on any atom is -0.490 e. The number of esters is 1. The van der Waals surface area contributed by atoms with Gasteiger partial charge in [-0.25, -0.2) is 4.79 Å². The zero-order valence-corrected chi connectivity index (χ0v) is 19.7. The van der Waals surface area contributed by atoms with Crippen molar-refractivity contribution in [2.45, 2.75) is 13.8 Å². The van der Waals surface area contributed by atoms with Crippen LogP contribution >= 0.6 is 15.9 Å². The zero-order chi connectivity index (χ0) is 23.8. The van der Waals surface area contributed by atoms with Crippen LogP contribution < -0.4 is 14.8 Å². The van der Waals surface area contributed by atoms with E-state index < -0.39 is 11.9 Å². The number of amides is 1. The van der Waals surface area contributed by atoms with Crippen molar-refractivity contribution in [3.63, 3.8) is 0 Å². The molecule has 0 saturated heterocycles. The molecule has 0 radical (unpaired) electrons. The predicted molar refractivity (Wildman–Crippen MR) is 130 cm³/mol. The van der Waals surface area contributed by atoms with Crippen LogP contribution in [0.2, 0.25) is 0 Å². The Kier molecular flexibility index (Phi) is 8.01. The molecule has 33 heavy (non-hydrogen) atoms. The van der Waals surface area contributed by atoms with Crippen LogP contribution in [0.3, 0.4) is 0 Å². The highest BCUT2D eigenvalue weighted by Crippen LogP contribution is 2.38. The molecule has 0 heterocycles. The quantitative estimate of drug-likeness (QED) is 0.186. The van der Waals surface area contributed by atoms with E-state index in [0.29, 0.717) is 33.6 Å². The summed E-state index contributed by atoms with van der Waals surface area (Å²) in [6.45, 7) is 4.07. The number of hydrogen-bond acceptors (Lipinski definition) is 5. The van der Waals surface area contributed by atoms with Gasteiger partial charge >= 0.3 is 5.97 Å². The van der Waals surface area contributed by atoms with E-state index in [-0.39, 0.29) is 11.3 Å². The monoisotopic (exact) mass is 504 g/mol. The van der Waals surface area contributed by atoms with E-state index in [0.717, 1.165) is 5.56 Å². The lowest BCUT2D eigenvalue weighted by Crippen LogP contribution is -2.13. The van der Waals surface area contributed by atoms with Crippen LogP contribution in [-0.2, 0) is 4.79 Å². The number of benzene rings is 3. The molecule has 3 aromatic carbocycles. The zero-order valence-electron chi connectivity index (χ0n) is 18.1. The van der Waals surface area contributed by atoms with Crippen LogP contribution in [0.15, 0.2) is 76.8 Å². The van der Waals surface area contributed by atoms with Crippen LogP contribution in [0.25, 0.3) is 6.08 Å². The number of rotatable bonds is 7. The average molecular weight is 505 g/mol. The van der Waals surface area contributed by atoms with Gasteiger partial charge in [0.1, 0.15) is 11.6 Å². The lowest BCUT2D eigenvalue weighted by atomic mass is 10.1. The van der Waals surface area contributed by atoms with Crippen molar-refractivity contribution in [1.82, 2.24) is 0 Å². The van der Waals surface area contributed by atoms with Crippen LogP contribution in [0.4, 0.5) is 5.69 Å². The second-order valence-electron chi connectivity index (χ2n) is 7.01. The standard InChI is InChI=1S/C26H21BrN2O4/c1-3-32-23-15-18(13-20(16-28)25(30)29-21-11-9-17(2)10-12-21)14-22(27)24(23)33-26(31)19-7-5-4-6-8-19/h4-15H,3H2,1-2H3,(H,29,30)/b20-13+. The van der Waals surface area contributed by atoms with E-state index in [1.165, 1.54) is 6.08 Å². The maximum atomic E-state index is 12.6. The van der Waals surface area contributed by atoms with Gasteiger partial charge in [-0.3, -0.25) is 4.79 Å². The summed E-state index contributed by atoms with van der Waals surface area (Å²) in [5.74, 6) is -0.546. The van der Waals surface area contributed by atoms with E-state index in [9.17, 15) is 14.9 Å². The van der Waals surface area contributed by atoms with Crippen LogP contribution in [0.5, 0.6) is 11.5 Å². The number of halogens is 1. The first-order chi connectivity index (χ1) is 15.9. The van der Waals surface area contributed by atoms with Crippen LogP contribution in [-0.4, -0.2) is 18.5 Å². The van der Waals surface area contributed by atoms with Crippen molar-refractivity contribution < 1.29 is 19.1 Å². The number of nitrogens with zero attached hydrogens (tertiary/aromatic N) is 1. The summed E-state index contributed by atoms with van der Waals surface area (Å²) in [6, 6.07) is 21.0. The number of carbonyl (C=O) groups is 2. The maximum Gasteiger partial charge on any atom is 0.343 e. The average Bonchev–Trinajstić information content (AvgIpc) is 2.81. The van der Waals surface area contributed by atoms with Gasteiger partial charge in [-0.15, -0.1) is 0 Å². The Bertz CT molecular complexity index is 1230. The number of nitrogens with one attached hydrogen (secondary N) is 1. The SMILES string of the molecule is CCOc1cc(/C=C(\C#N)C(=O)Nc2ccc(C)cc2)cc(Br)c1OC(=O)c1ccccc1. The first-order valence-corrected chi connectivity index (χ1v) is 10.9. The van der Waals surface area contributed by atoms with Gasteiger partial charge in [-0.2, -0.15) is 5.26 Å². The van der Waals surface area contributed by atoms with Crippen molar-refractivity contribution in [2.75, 3.05) is 11.9 Å². The molecule has 0 aliphatic heterocycles. The number of anilines is 1. The number of hydrogen-bond donors (Lipinski definition) is 1. The Labute approximate surface area is 200 Å². The molecule has 1 N–H and O–H groups in total. The summed E-state index contributed by atoms with van der Waals surface area (Å²) in [6.07, 6.45) is 1.44. The van der Waals surface area contributed by atoms with Crippen LogP contribution in [0.1, 0.15) is 28.4 Å². The molecule has 0 aromatic heterocycles. The minimum atomic E-state index is -0.532. The lowest BCUT2D eigenvalue weighted by Gasteiger charge is -2.14. The van der Waals surface area contributed by atoms with Gasteiger partial charge in [0, 0.05) is 5.69 Å². The number of ether oxygens (including phenoxy) is 2. The summed E-state index contributed by atoms with van der Waals surface area (Å²) in [5, 5.41) is 12.2. The van der Waals surface area contributed by atoms with Gasteiger partial charge in [0.25, 0.3) is 5.91 Å². The summed E-state index contributed by atoms with van der Waals surface area (Å²) >= 11 is 3.41. The number of carbonyl (C=O) groups excluding carboxylic acids is 2. The first-order valence-electron chi connectivity index (χ1n) is 10.1. The van der Waals surface area contributed by atoms with E-state index in [1.54, 1.807) is 61.5 Å². The fourth-order valence-corrected chi connectivity index (χ4v) is 3.45. The Morgan fingerprint density at radius 2 is 1.79 bits per heavy atom. The Morgan fingerprint density at radius 3 is 2.42 bits per heavy atom. The molecule has 6 nitrogen and oxygen atoms in total. The molecule has 0 aliphatic carbocycles. The molecule has 0 spiro atoms. The molecule has 0 aliphatic rings. The minimum absolute atomic E-state index is 0.0843. The molecule has 0 fully saturated rings. The van der Waals surface area contributed by atoms with Crippen molar-refractivity contribution in [3.05, 3.63) is 93.5 Å². The smallest absolute Gasteiger partial charge is 0.343 e. The van der Waals surface area contributed by atoms with Crippen molar-refractivity contribution in [1.29, 1.82) is 5.26 Å². The van der Waals surface area contributed by atoms with Gasteiger partial charge in [-0.05, 0) is 77.8 Å². The highest BCUT2D eigenvalue weighted by molar-refractivity contribution is 9.10. The molecular formula is C26H21BrN2O4. The van der Waals surface area contributed by atoms with Crippen molar-refractivity contribution >= 4 is 39.6 Å². The van der Waals surface area contributed by atoms with Gasteiger partial charge in [-0.1, -0.05) is 35.9 Å². The fraction of sp³-hybridized carbons (Fsp3) is 0.115. The maximum absolute atomic E-state index is 12.6. The van der Waals surface area contributed by atoms with Crippen LogP contribution in [0, 0.1) is 18.3 Å². The Balaban J connectivity index is 1.88. The third-order valence-corrected chi connectivity index (χ3v) is 5.11. The molecule has 3 rings (SSSR count). The summed E-state index contributed by atoms with van der Waals surface area (Å²) < 4.78 is 11.7. The molecule has 7 heteroatoms. The van der Waals surface area contributed by atoms with E-state index >= 15 is 0 Å². The molecule has 0 bridgehead atoms. The first kappa shape index (κ1) is 23.8. The molecule has 0 atom stereocenters. The second kappa shape index (κ2) is 11.1. The largest absolute Gasteiger partial charge is 0.490 e. The van der Waals surface area contributed by atoms with E-state index in [2.05, 4.69) is 21.2 Å².